The van der Waals surface area contributed by atoms with Gasteiger partial charge in [0.1, 0.15) is 23.0 Å². The Morgan fingerprint density at radius 2 is 2.10 bits per heavy atom. The Morgan fingerprint density at radius 1 is 1.20 bits per heavy atom. The van der Waals surface area contributed by atoms with E-state index in [2.05, 4.69) is 25.4 Å². The van der Waals surface area contributed by atoms with Crippen LogP contribution in [0.1, 0.15) is 5.69 Å². The molecule has 0 aliphatic carbocycles. The highest BCUT2D eigenvalue weighted by Gasteiger charge is 2.07. The fraction of sp³-hybridized carbons (Fsp3) is 0.0769. The molecule has 3 aromatic rings. The van der Waals surface area contributed by atoms with Crippen LogP contribution in [0.25, 0.3) is 11.4 Å². The Morgan fingerprint density at radius 3 is 2.85 bits per heavy atom. The van der Waals surface area contributed by atoms with Gasteiger partial charge in [-0.2, -0.15) is 15.4 Å². The zero-order valence-electron chi connectivity index (χ0n) is 10.7. The fourth-order valence-corrected chi connectivity index (χ4v) is 1.74. The third-order valence-electron chi connectivity index (χ3n) is 2.70. The number of pyridine rings is 2. The number of hydrogen-bond donors (Lipinski definition) is 2. The van der Waals surface area contributed by atoms with Crippen molar-refractivity contribution < 1.29 is 4.74 Å². The van der Waals surface area contributed by atoms with Crippen LogP contribution in [0.5, 0.6) is 11.5 Å². The van der Waals surface area contributed by atoms with Crippen LogP contribution in [0.4, 0.5) is 5.82 Å². The van der Waals surface area contributed by atoms with Gasteiger partial charge in [-0.3, -0.25) is 4.98 Å². The molecule has 100 valence electrons. The molecule has 0 fully saturated rings. The van der Waals surface area contributed by atoms with Crippen LogP contribution in [0.2, 0.25) is 0 Å². The predicted molar refractivity (Wildman–Crippen MR) is 73.1 cm³/mol. The largest absolute Gasteiger partial charge is 0.455 e. The first-order valence-corrected chi connectivity index (χ1v) is 5.95. The predicted octanol–water partition coefficient (Wildman–Crippen LogP) is 1.94. The van der Waals surface area contributed by atoms with Crippen LogP contribution in [-0.2, 0) is 0 Å². The Hall–Kier alpha value is -2.96. The Balaban J connectivity index is 1.89. The van der Waals surface area contributed by atoms with Crippen molar-refractivity contribution in [3.63, 3.8) is 0 Å². The summed E-state index contributed by atoms with van der Waals surface area (Å²) in [4.78, 5) is 8.37. The zero-order chi connectivity index (χ0) is 13.9. The molecule has 20 heavy (non-hydrogen) atoms. The second-order valence-electron chi connectivity index (χ2n) is 4.15. The van der Waals surface area contributed by atoms with E-state index < -0.39 is 0 Å². The summed E-state index contributed by atoms with van der Waals surface area (Å²) in [7, 11) is 0. The maximum Gasteiger partial charge on any atom is 0.148 e. The number of rotatable bonds is 3. The minimum Gasteiger partial charge on any atom is -0.455 e. The number of nitrogens with two attached hydrogens (primary N) is 1. The minimum absolute atomic E-state index is 0.466. The van der Waals surface area contributed by atoms with Crippen molar-refractivity contribution in [1.82, 2.24) is 25.4 Å². The van der Waals surface area contributed by atoms with Gasteiger partial charge in [-0.25, -0.2) is 4.98 Å². The average Bonchev–Trinajstić information content (AvgIpc) is 2.96. The quantitative estimate of drug-likeness (QED) is 0.752. The molecule has 3 rings (SSSR count). The van der Waals surface area contributed by atoms with Crippen LogP contribution >= 0.6 is 0 Å². The number of aryl methyl sites for hydroxylation is 1. The molecule has 7 heteroatoms. The highest BCUT2D eigenvalue weighted by atomic mass is 16.5. The first kappa shape index (κ1) is 12.1. The molecule has 3 N–H and O–H groups in total. The maximum atomic E-state index is 5.79. The summed E-state index contributed by atoms with van der Waals surface area (Å²) in [6, 6.07) is 7.03. The minimum atomic E-state index is 0.466. The number of ether oxygens (including phenoxy) is 1. The number of aromatic nitrogens is 5. The summed E-state index contributed by atoms with van der Waals surface area (Å²) >= 11 is 0. The maximum absolute atomic E-state index is 5.79. The SMILES string of the molecule is Cc1nc(N)ccc1Oc1ccnc(-c2cn[nH]n2)c1. The van der Waals surface area contributed by atoms with Gasteiger partial charge in [0.2, 0.25) is 0 Å². The van der Waals surface area contributed by atoms with E-state index in [4.69, 9.17) is 10.5 Å². The third-order valence-corrected chi connectivity index (χ3v) is 2.70. The lowest BCUT2D eigenvalue weighted by Gasteiger charge is -2.08. The van der Waals surface area contributed by atoms with E-state index in [1.807, 2.05) is 6.92 Å². The molecule has 0 saturated carbocycles. The molecule has 3 heterocycles. The van der Waals surface area contributed by atoms with E-state index in [0.717, 1.165) is 5.69 Å². The standard InChI is InChI=1S/C13H12N6O/c1-8-12(2-3-13(14)17-8)20-9-4-5-15-10(6-9)11-7-16-19-18-11/h2-7H,1H3,(H2,14,17)(H,16,18,19). The number of nitrogen functional groups attached to an aromatic ring is 1. The van der Waals surface area contributed by atoms with E-state index in [-0.39, 0.29) is 0 Å². The Kier molecular flexibility index (Phi) is 3.00. The second kappa shape index (κ2) is 4.96. The topological polar surface area (TPSA) is 103 Å². The van der Waals surface area contributed by atoms with Gasteiger partial charge in [0.05, 0.1) is 17.6 Å². The van der Waals surface area contributed by atoms with Gasteiger partial charge in [-0.15, -0.1) is 0 Å². The van der Waals surface area contributed by atoms with Crippen LogP contribution < -0.4 is 10.5 Å². The summed E-state index contributed by atoms with van der Waals surface area (Å²) < 4.78 is 5.79. The van der Waals surface area contributed by atoms with Gasteiger partial charge in [-0.05, 0) is 25.1 Å². The fourth-order valence-electron chi connectivity index (χ4n) is 1.74. The molecular weight excluding hydrogens is 256 g/mol. The molecular formula is C13H12N6O. The summed E-state index contributed by atoms with van der Waals surface area (Å²) in [6.45, 7) is 1.84. The van der Waals surface area contributed by atoms with Gasteiger partial charge < -0.3 is 10.5 Å². The van der Waals surface area contributed by atoms with Crippen molar-refractivity contribution in [2.24, 2.45) is 0 Å². The molecule has 0 bridgehead atoms. The number of H-pyrrole nitrogens is 1. The normalized spacial score (nSPS) is 10.4. The van der Waals surface area contributed by atoms with E-state index in [9.17, 15) is 0 Å². The molecule has 0 radical (unpaired) electrons. The smallest absolute Gasteiger partial charge is 0.148 e. The second-order valence-corrected chi connectivity index (χ2v) is 4.15. The van der Waals surface area contributed by atoms with Crippen molar-refractivity contribution in [3.8, 4) is 22.9 Å². The summed E-state index contributed by atoms with van der Waals surface area (Å²) in [6.07, 6.45) is 3.25. The molecule has 0 amide bonds. The lowest BCUT2D eigenvalue weighted by molar-refractivity contribution is 0.475. The number of hydrogen-bond acceptors (Lipinski definition) is 6. The van der Waals surface area contributed by atoms with E-state index in [1.54, 1.807) is 36.7 Å². The lowest BCUT2D eigenvalue weighted by Crippen LogP contribution is -1.95. The molecule has 0 atom stereocenters. The van der Waals surface area contributed by atoms with Crippen molar-refractivity contribution in [2.75, 3.05) is 5.73 Å². The van der Waals surface area contributed by atoms with Crippen molar-refractivity contribution in [3.05, 3.63) is 42.4 Å². The van der Waals surface area contributed by atoms with Gasteiger partial charge in [0.25, 0.3) is 0 Å². The summed E-state index contributed by atoms with van der Waals surface area (Å²) in [5.74, 6) is 1.76. The van der Waals surface area contributed by atoms with Crippen LogP contribution in [0.3, 0.4) is 0 Å². The van der Waals surface area contributed by atoms with Crippen molar-refractivity contribution in [1.29, 1.82) is 0 Å². The van der Waals surface area contributed by atoms with Gasteiger partial charge in [-0.1, -0.05) is 0 Å². The highest BCUT2D eigenvalue weighted by Crippen LogP contribution is 2.26. The van der Waals surface area contributed by atoms with E-state index >= 15 is 0 Å². The third kappa shape index (κ3) is 2.41. The van der Waals surface area contributed by atoms with E-state index in [1.165, 1.54) is 0 Å². The zero-order valence-corrected chi connectivity index (χ0v) is 10.7. The Labute approximate surface area is 114 Å². The molecule has 0 saturated heterocycles. The molecule has 7 nitrogen and oxygen atoms in total. The van der Waals surface area contributed by atoms with Gasteiger partial charge in [0, 0.05) is 12.3 Å². The first-order valence-electron chi connectivity index (χ1n) is 5.95. The molecule has 3 aromatic heterocycles. The first-order chi connectivity index (χ1) is 9.72. The van der Waals surface area contributed by atoms with Crippen LogP contribution in [0, 0.1) is 6.92 Å². The van der Waals surface area contributed by atoms with E-state index in [0.29, 0.717) is 28.7 Å². The van der Waals surface area contributed by atoms with Gasteiger partial charge >= 0.3 is 0 Å². The number of aromatic amines is 1. The van der Waals surface area contributed by atoms with Crippen LogP contribution in [-0.4, -0.2) is 25.4 Å². The van der Waals surface area contributed by atoms with Gasteiger partial charge in [0.15, 0.2) is 0 Å². The summed E-state index contributed by atoms with van der Waals surface area (Å²) in [5, 5.41) is 10.3. The Bertz CT molecular complexity index is 725. The van der Waals surface area contributed by atoms with Crippen molar-refractivity contribution in [2.45, 2.75) is 6.92 Å². The lowest BCUT2D eigenvalue weighted by atomic mass is 10.3. The molecule has 0 aliphatic rings. The van der Waals surface area contributed by atoms with Crippen molar-refractivity contribution >= 4 is 5.82 Å². The highest BCUT2D eigenvalue weighted by molar-refractivity contribution is 5.54. The van der Waals surface area contributed by atoms with Crippen LogP contribution in [0.15, 0.2) is 36.7 Å². The number of nitrogens with one attached hydrogen (secondary N) is 1. The molecule has 0 aliphatic heterocycles. The molecule has 0 unspecified atom stereocenters. The molecule has 0 spiro atoms. The monoisotopic (exact) mass is 268 g/mol. The number of nitrogens with zero attached hydrogens (tertiary/aromatic N) is 4. The average molecular weight is 268 g/mol. The molecule has 0 aromatic carbocycles. The summed E-state index contributed by atoms with van der Waals surface area (Å²) in [5.41, 5.74) is 7.67. The number of anilines is 1.